The fourth-order valence-electron chi connectivity index (χ4n) is 2.75. The van der Waals surface area contributed by atoms with Crippen LogP contribution in [0.3, 0.4) is 0 Å². The molecule has 122 valence electrons. The maximum Gasteiger partial charge on any atom is 0.308 e. The molecule has 3 nitrogen and oxygen atoms in total. The smallest absolute Gasteiger partial charge is 0.308 e. The van der Waals surface area contributed by atoms with Crippen molar-refractivity contribution in [2.24, 2.45) is 11.8 Å². The summed E-state index contributed by atoms with van der Waals surface area (Å²) in [6.07, 6.45) is 1.79. The van der Waals surface area contributed by atoms with Gasteiger partial charge in [0.05, 0.1) is 24.7 Å². The molecule has 0 spiro atoms. The first kappa shape index (κ1) is 23.9. The van der Waals surface area contributed by atoms with Gasteiger partial charge in [-0.2, -0.15) is 29.8 Å². The molecule has 0 amide bonds. The molecule has 1 aromatic rings. The second-order valence-corrected chi connectivity index (χ2v) is 6.29. The summed E-state index contributed by atoms with van der Waals surface area (Å²) in [6, 6.07) is 9.54. The van der Waals surface area contributed by atoms with Crippen LogP contribution in [0.15, 0.2) is 18.2 Å². The van der Waals surface area contributed by atoms with Crippen molar-refractivity contribution in [1.82, 2.24) is 0 Å². The monoisotopic (exact) mass is 467 g/mol. The number of hydrogen-bond acceptors (Lipinski definition) is 3. The Labute approximate surface area is 190 Å². The second kappa shape index (κ2) is 10.8. The Bertz CT molecular complexity index is 488. The number of benzene rings is 1. The van der Waals surface area contributed by atoms with Gasteiger partial charge in [0.15, 0.2) is 0 Å². The maximum absolute atomic E-state index is 11.6. The van der Waals surface area contributed by atoms with Crippen LogP contribution in [0.25, 0.3) is 0 Å². The van der Waals surface area contributed by atoms with E-state index in [-0.39, 0.29) is 88.8 Å². The van der Waals surface area contributed by atoms with Crippen LogP contribution in [0.2, 0.25) is 0 Å². The van der Waals surface area contributed by atoms with Crippen molar-refractivity contribution in [2.75, 3.05) is 13.2 Å². The van der Waals surface area contributed by atoms with Crippen LogP contribution in [0.5, 0.6) is 0 Å². The molecule has 1 aromatic carbocycles. The van der Waals surface area contributed by atoms with Gasteiger partial charge < -0.3 is 9.47 Å². The number of carbonyl (C=O) groups is 1. The molecular formula is C18H25O3Y2-. The summed E-state index contributed by atoms with van der Waals surface area (Å²) in [7, 11) is 0. The van der Waals surface area contributed by atoms with Gasteiger partial charge in [-0.15, -0.1) is 5.56 Å². The van der Waals surface area contributed by atoms with Crippen LogP contribution in [-0.4, -0.2) is 19.2 Å². The van der Waals surface area contributed by atoms with Crippen molar-refractivity contribution in [1.29, 1.82) is 0 Å². The number of aryl methyl sites for hydroxylation is 1. The average molecular weight is 467 g/mol. The van der Waals surface area contributed by atoms with Gasteiger partial charge in [0.25, 0.3) is 0 Å². The molecule has 1 aliphatic heterocycles. The van der Waals surface area contributed by atoms with E-state index in [0.717, 1.165) is 18.4 Å². The van der Waals surface area contributed by atoms with E-state index in [1.165, 1.54) is 5.56 Å². The van der Waals surface area contributed by atoms with E-state index in [1.54, 1.807) is 0 Å². The number of rotatable bonds is 5. The van der Waals surface area contributed by atoms with E-state index in [4.69, 9.17) is 9.47 Å². The summed E-state index contributed by atoms with van der Waals surface area (Å²) in [5, 5.41) is 0. The molecule has 1 fully saturated rings. The molecule has 0 bridgehead atoms. The van der Waals surface area contributed by atoms with Crippen molar-refractivity contribution in [3.8, 4) is 0 Å². The van der Waals surface area contributed by atoms with Crippen molar-refractivity contribution >= 4 is 5.97 Å². The molecule has 1 aliphatic rings. The first-order valence-corrected chi connectivity index (χ1v) is 7.76. The third-order valence-corrected chi connectivity index (χ3v) is 4.18. The van der Waals surface area contributed by atoms with Crippen LogP contribution in [0, 0.1) is 24.8 Å². The fraction of sp³-hybridized carbons (Fsp3) is 0.611. The summed E-state index contributed by atoms with van der Waals surface area (Å²) >= 11 is 0. The molecule has 0 aromatic heterocycles. The van der Waals surface area contributed by atoms with Gasteiger partial charge in [-0.3, -0.25) is 4.79 Å². The van der Waals surface area contributed by atoms with Gasteiger partial charge in [-0.25, -0.2) is 0 Å². The van der Waals surface area contributed by atoms with E-state index in [2.05, 4.69) is 32.0 Å². The minimum absolute atomic E-state index is 0. The van der Waals surface area contributed by atoms with E-state index in [9.17, 15) is 4.79 Å². The van der Waals surface area contributed by atoms with Crippen molar-refractivity contribution in [3.63, 3.8) is 0 Å². The first-order chi connectivity index (χ1) is 9.97. The van der Waals surface area contributed by atoms with Crippen molar-refractivity contribution < 1.29 is 79.7 Å². The molecule has 0 unspecified atom stereocenters. The molecule has 5 heteroatoms. The Kier molecular flexibility index (Phi) is 11.2. The van der Waals surface area contributed by atoms with E-state index >= 15 is 0 Å². The summed E-state index contributed by atoms with van der Waals surface area (Å²) in [4.78, 5) is 11.6. The number of ether oxygens (including phenoxy) is 2. The molecule has 0 N–H and O–H groups in total. The third-order valence-electron chi connectivity index (χ3n) is 4.18. The van der Waals surface area contributed by atoms with Crippen LogP contribution >= 0.6 is 0 Å². The van der Waals surface area contributed by atoms with Crippen LogP contribution < -0.4 is 0 Å². The maximum atomic E-state index is 11.6. The molecule has 1 saturated heterocycles. The zero-order chi connectivity index (χ0) is 15.5. The molecule has 2 atom stereocenters. The Morgan fingerprint density at radius 1 is 1.43 bits per heavy atom. The normalized spacial score (nSPS) is 23.1. The minimum Gasteiger partial charge on any atom is -0.465 e. The van der Waals surface area contributed by atoms with Gasteiger partial charge in [-0.1, -0.05) is 27.7 Å². The Morgan fingerprint density at radius 3 is 2.65 bits per heavy atom. The predicted molar refractivity (Wildman–Crippen MR) is 81.8 cm³/mol. The summed E-state index contributed by atoms with van der Waals surface area (Å²) in [6.45, 7) is 8.99. The third kappa shape index (κ3) is 6.26. The Hall–Kier alpha value is 0.858. The number of esters is 1. The van der Waals surface area contributed by atoms with Crippen LogP contribution in [0.1, 0.15) is 44.7 Å². The second-order valence-electron chi connectivity index (χ2n) is 6.29. The standard InChI is InChI=1S/C18H25O3.2Y/c1-5-18(16-8-6-14(4)7-9-16)10-15(12-21-18)11-20-17(19)13(2)3;;/h6-8,13,15H,5,10-12H2,1-4H3;;/q-1;;/t15-,18+;;/m1../s1. The van der Waals surface area contributed by atoms with E-state index < -0.39 is 0 Å². The van der Waals surface area contributed by atoms with Crippen molar-refractivity contribution in [3.05, 3.63) is 35.4 Å². The van der Waals surface area contributed by atoms with Crippen LogP contribution in [0.4, 0.5) is 0 Å². The minimum atomic E-state index is -0.275. The number of hydrogen-bond donors (Lipinski definition) is 0. The summed E-state index contributed by atoms with van der Waals surface area (Å²) in [5.41, 5.74) is 2.03. The molecule has 2 rings (SSSR count). The molecule has 23 heavy (non-hydrogen) atoms. The van der Waals surface area contributed by atoms with E-state index in [0.29, 0.717) is 13.2 Å². The molecule has 1 heterocycles. The predicted octanol–water partition coefficient (Wildman–Crippen LogP) is 3.63. The van der Waals surface area contributed by atoms with Gasteiger partial charge in [0.1, 0.15) is 0 Å². The van der Waals surface area contributed by atoms with Gasteiger partial charge in [0.2, 0.25) is 0 Å². The SMILES string of the molecule is CC[C@@]1(c2[c-]cc(C)cc2)C[C@H](COC(=O)C(C)C)CO1.[Y].[Y]. The van der Waals surface area contributed by atoms with Gasteiger partial charge in [0, 0.05) is 71.3 Å². The first-order valence-electron chi connectivity index (χ1n) is 7.76. The Morgan fingerprint density at radius 2 is 2.13 bits per heavy atom. The molecular weight excluding hydrogens is 442 g/mol. The largest absolute Gasteiger partial charge is 0.465 e. The van der Waals surface area contributed by atoms with Gasteiger partial charge in [-0.05, 0) is 12.8 Å². The quantitative estimate of drug-likeness (QED) is 0.491. The Balaban J connectivity index is 0.00000242. The topological polar surface area (TPSA) is 35.5 Å². The zero-order valence-electron chi connectivity index (χ0n) is 14.6. The molecule has 0 aliphatic carbocycles. The number of carbonyl (C=O) groups excluding carboxylic acids is 1. The summed E-state index contributed by atoms with van der Waals surface area (Å²) in [5.74, 6) is 0.0573. The van der Waals surface area contributed by atoms with E-state index in [1.807, 2.05) is 19.9 Å². The van der Waals surface area contributed by atoms with Crippen LogP contribution in [-0.2, 0) is 85.3 Å². The average Bonchev–Trinajstić information content (AvgIpc) is 2.90. The van der Waals surface area contributed by atoms with Crippen molar-refractivity contribution in [2.45, 2.75) is 46.1 Å². The molecule has 2 radical (unpaired) electrons. The zero-order valence-corrected chi connectivity index (χ0v) is 20.3. The van der Waals surface area contributed by atoms with Gasteiger partial charge >= 0.3 is 5.97 Å². The molecule has 0 saturated carbocycles. The summed E-state index contributed by atoms with van der Waals surface area (Å²) < 4.78 is 11.4. The fourth-order valence-corrected chi connectivity index (χ4v) is 2.75.